The number of amides is 1. The molecule has 4 rings (SSSR count). The third kappa shape index (κ3) is 4.93. The van der Waals surface area contributed by atoms with Crippen molar-refractivity contribution in [1.29, 1.82) is 0 Å². The number of rotatable bonds is 6. The number of esters is 1. The maximum Gasteiger partial charge on any atom is 0.348 e. The van der Waals surface area contributed by atoms with Crippen LogP contribution in [-0.4, -0.2) is 18.5 Å². The zero-order valence-electron chi connectivity index (χ0n) is 16.1. The van der Waals surface area contributed by atoms with Crippen molar-refractivity contribution in [3.8, 4) is 0 Å². The highest BCUT2D eigenvalue weighted by Crippen LogP contribution is 2.30. The van der Waals surface area contributed by atoms with Crippen LogP contribution >= 0.6 is 11.3 Å². The minimum absolute atomic E-state index is 0.291. The Hall–Kier alpha value is -2.92. The van der Waals surface area contributed by atoms with Crippen LogP contribution in [0.2, 0.25) is 0 Å². The Bertz CT molecular complexity index is 986. The summed E-state index contributed by atoms with van der Waals surface area (Å²) in [5.41, 5.74) is 4.18. The summed E-state index contributed by atoms with van der Waals surface area (Å²) in [6, 6.07) is 19.7. The van der Waals surface area contributed by atoms with Crippen molar-refractivity contribution in [2.75, 3.05) is 11.9 Å². The second-order valence-electron chi connectivity index (χ2n) is 7.21. The molecule has 1 aromatic heterocycles. The van der Waals surface area contributed by atoms with Gasteiger partial charge < -0.3 is 10.1 Å². The first-order chi connectivity index (χ1) is 14.2. The van der Waals surface area contributed by atoms with Crippen molar-refractivity contribution in [3.63, 3.8) is 0 Å². The number of hydrogen-bond acceptors (Lipinski definition) is 4. The third-order valence-corrected chi connectivity index (χ3v) is 6.28. The van der Waals surface area contributed by atoms with Gasteiger partial charge in [0.05, 0.1) is 0 Å². The van der Waals surface area contributed by atoms with Crippen LogP contribution < -0.4 is 5.32 Å². The Morgan fingerprint density at radius 1 is 0.966 bits per heavy atom. The van der Waals surface area contributed by atoms with E-state index in [0.717, 1.165) is 30.5 Å². The van der Waals surface area contributed by atoms with E-state index in [2.05, 4.69) is 17.4 Å². The van der Waals surface area contributed by atoms with Gasteiger partial charge in [0, 0.05) is 10.6 Å². The van der Waals surface area contributed by atoms with E-state index in [1.165, 1.54) is 40.2 Å². The molecule has 4 nitrogen and oxygen atoms in total. The SMILES string of the molecule is O=C(COC(=O)c1cc2c(s1)CCCC2)Nc1ccccc1Cc1ccccc1. The number of thiophene rings is 1. The molecule has 1 aliphatic carbocycles. The van der Waals surface area contributed by atoms with Gasteiger partial charge in [-0.2, -0.15) is 0 Å². The second-order valence-corrected chi connectivity index (χ2v) is 8.35. The molecule has 1 heterocycles. The van der Waals surface area contributed by atoms with Gasteiger partial charge in [0.2, 0.25) is 0 Å². The quantitative estimate of drug-likeness (QED) is 0.586. The summed E-state index contributed by atoms with van der Waals surface area (Å²) in [5.74, 6) is -0.752. The molecular formula is C24H23NO3S. The summed E-state index contributed by atoms with van der Waals surface area (Å²) in [6.45, 7) is -0.291. The highest BCUT2D eigenvalue weighted by Gasteiger charge is 2.19. The molecule has 3 aromatic rings. The van der Waals surface area contributed by atoms with Crippen LogP contribution in [0.3, 0.4) is 0 Å². The first-order valence-electron chi connectivity index (χ1n) is 9.89. The van der Waals surface area contributed by atoms with Gasteiger partial charge in [0.25, 0.3) is 5.91 Å². The summed E-state index contributed by atoms with van der Waals surface area (Å²) in [6.07, 6.45) is 5.12. The van der Waals surface area contributed by atoms with Crippen LogP contribution in [0.4, 0.5) is 5.69 Å². The van der Waals surface area contributed by atoms with Gasteiger partial charge in [-0.05, 0) is 60.9 Å². The average molecular weight is 406 g/mol. The van der Waals surface area contributed by atoms with E-state index in [0.29, 0.717) is 4.88 Å². The van der Waals surface area contributed by atoms with Gasteiger partial charge in [-0.15, -0.1) is 11.3 Å². The van der Waals surface area contributed by atoms with Crippen LogP contribution in [0.15, 0.2) is 60.7 Å². The molecule has 0 unspecified atom stereocenters. The first kappa shape index (κ1) is 19.4. The van der Waals surface area contributed by atoms with E-state index in [9.17, 15) is 9.59 Å². The number of carbonyl (C=O) groups excluding carboxylic acids is 2. The lowest BCUT2D eigenvalue weighted by molar-refractivity contribution is -0.119. The molecule has 0 fully saturated rings. The summed E-state index contributed by atoms with van der Waals surface area (Å²) < 4.78 is 5.26. The number of nitrogens with one attached hydrogen (secondary N) is 1. The first-order valence-corrected chi connectivity index (χ1v) is 10.7. The second kappa shape index (κ2) is 9.05. The van der Waals surface area contributed by atoms with Crippen molar-refractivity contribution in [3.05, 3.63) is 87.1 Å². The number of benzene rings is 2. The molecule has 0 saturated carbocycles. The number of aryl methyl sites for hydroxylation is 2. The maximum atomic E-state index is 12.4. The molecule has 29 heavy (non-hydrogen) atoms. The van der Waals surface area contributed by atoms with Crippen molar-refractivity contribution in [1.82, 2.24) is 0 Å². The molecule has 5 heteroatoms. The Morgan fingerprint density at radius 3 is 2.55 bits per heavy atom. The smallest absolute Gasteiger partial charge is 0.348 e. The summed E-state index contributed by atoms with van der Waals surface area (Å²) in [7, 11) is 0. The van der Waals surface area contributed by atoms with Gasteiger partial charge in [-0.3, -0.25) is 4.79 Å². The third-order valence-electron chi connectivity index (χ3n) is 5.06. The van der Waals surface area contributed by atoms with Crippen LogP contribution in [0, 0.1) is 0 Å². The zero-order valence-corrected chi connectivity index (χ0v) is 17.0. The predicted molar refractivity (Wildman–Crippen MR) is 116 cm³/mol. The van der Waals surface area contributed by atoms with Gasteiger partial charge in [0.15, 0.2) is 6.61 Å². The van der Waals surface area contributed by atoms with E-state index in [4.69, 9.17) is 4.74 Å². The van der Waals surface area contributed by atoms with Crippen LogP contribution in [0.5, 0.6) is 0 Å². The molecule has 1 amide bonds. The van der Waals surface area contributed by atoms with E-state index in [-0.39, 0.29) is 12.5 Å². The molecule has 0 bridgehead atoms. The molecule has 0 saturated heterocycles. The van der Waals surface area contributed by atoms with E-state index < -0.39 is 5.97 Å². The number of anilines is 1. The fraction of sp³-hybridized carbons (Fsp3) is 0.250. The lowest BCUT2D eigenvalue weighted by Crippen LogP contribution is -2.21. The van der Waals surface area contributed by atoms with E-state index >= 15 is 0 Å². The summed E-state index contributed by atoms with van der Waals surface area (Å²) in [5, 5.41) is 2.87. The van der Waals surface area contributed by atoms with Crippen molar-refractivity contribution >= 4 is 28.9 Å². The van der Waals surface area contributed by atoms with Crippen molar-refractivity contribution in [2.45, 2.75) is 32.1 Å². The highest BCUT2D eigenvalue weighted by atomic mass is 32.1. The fourth-order valence-corrected chi connectivity index (χ4v) is 4.74. The van der Waals surface area contributed by atoms with Gasteiger partial charge >= 0.3 is 5.97 Å². The van der Waals surface area contributed by atoms with Crippen LogP contribution in [0.1, 0.15) is 44.1 Å². The minimum Gasteiger partial charge on any atom is -0.451 e. The molecule has 1 N–H and O–H groups in total. The molecule has 2 aromatic carbocycles. The lowest BCUT2D eigenvalue weighted by Gasteiger charge is -2.11. The Kier molecular flexibility index (Phi) is 6.06. The van der Waals surface area contributed by atoms with Crippen molar-refractivity contribution in [2.24, 2.45) is 0 Å². The molecule has 0 atom stereocenters. The standard InChI is InChI=1S/C24H23NO3S/c26-23(16-28-24(27)22-15-19-11-5-7-13-21(19)29-22)25-20-12-6-4-10-18(20)14-17-8-2-1-3-9-17/h1-4,6,8-10,12,15H,5,7,11,13-14,16H2,(H,25,26). The lowest BCUT2D eigenvalue weighted by atomic mass is 9.99. The molecule has 0 spiro atoms. The molecular weight excluding hydrogens is 382 g/mol. The van der Waals surface area contributed by atoms with Crippen LogP contribution in [-0.2, 0) is 28.8 Å². The maximum absolute atomic E-state index is 12.4. The number of fused-ring (bicyclic) bond motifs is 1. The number of ether oxygens (including phenoxy) is 1. The highest BCUT2D eigenvalue weighted by molar-refractivity contribution is 7.14. The van der Waals surface area contributed by atoms with Gasteiger partial charge in [0.1, 0.15) is 4.88 Å². The molecule has 148 valence electrons. The largest absolute Gasteiger partial charge is 0.451 e. The van der Waals surface area contributed by atoms with Crippen molar-refractivity contribution < 1.29 is 14.3 Å². The average Bonchev–Trinajstić information content (AvgIpc) is 3.19. The molecule has 0 radical (unpaired) electrons. The van der Waals surface area contributed by atoms with E-state index in [1.54, 1.807) is 0 Å². The summed E-state index contributed by atoms with van der Waals surface area (Å²) in [4.78, 5) is 26.6. The number of carbonyl (C=O) groups is 2. The van der Waals surface area contributed by atoms with Gasteiger partial charge in [-0.1, -0.05) is 48.5 Å². The zero-order chi connectivity index (χ0) is 20.1. The van der Waals surface area contributed by atoms with Crippen LogP contribution in [0.25, 0.3) is 0 Å². The Labute approximate surface area is 174 Å². The Balaban J connectivity index is 1.35. The molecule has 0 aliphatic heterocycles. The monoisotopic (exact) mass is 405 g/mol. The fourth-order valence-electron chi connectivity index (χ4n) is 3.59. The predicted octanol–water partition coefficient (Wildman–Crippen LogP) is 5.01. The normalized spacial score (nSPS) is 12.8. The number of para-hydroxylation sites is 1. The van der Waals surface area contributed by atoms with E-state index in [1.807, 2.05) is 48.5 Å². The molecule has 1 aliphatic rings. The minimum atomic E-state index is -0.419. The number of hydrogen-bond donors (Lipinski definition) is 1. The topological polar surface area (TPSA) is 55.4 Å². The Morgan fingerprint density at radius 2 is 1.72 bits per heavy atom. The summed E-state index contributed by atoms with van der Waals surface area (Å²) >= 11 is 1.50. The van der Waals surface area contributed by atoms with Gasteiger partial charge in [-0.25, -0.2) is 4.79 Å².